The molecule has 4 N–H and O–H groups in total. The number of nitriles is 1. The van der Waals surface area contributed by atoms with Gasteiger partial charge in [-0.2, -0.15) is 5.26 Å². The summed E-state index contributed by atoms with van der Waals surface area (Å²) in [6.07, 6.45) is 0.0360. The third-order valence-electron chi connectivity index (χ3n) is 6.87. The van der Waals surface area contributed by atoms with E-state index in [2.05, 4.69) is 36.8 Å². The molecule has 9 heteroatoms. The highest BCUT2D eigenvalue weighted by molar-refractivity contribution is 6.15. The topological polar surface area (TPSA) is 134 Å². The van der Waals surface area contributed by atoms with Gasteiger partial charge in [0.1, 0.15) is 34.9 Å². The number of carbonyl (C=O) groups excluding carboxylic acids is 1. The number of aromatic nitrogens is 2. The Bertz CT molecular complexity index is 1410. The fourth-order valence-electron chi connectivity index (χ4n) is 5.26. The van der Waals surface area contributed by atoms with Crippen molar-refractivity contribution in [3.63, 3.8) is 0 Å². The Morgan fingerprint density at radius 3 is 2.14 bits per heavy atom. The van der Waals surface area contributed by atoms with E-state index in [0.29, 0.717) is 52.3 Å². The van der Waals surface area contributed by atoms with E-state index >= 15 is 0 Å². The maximum atomic E-state index is 13.3. The van der Waals surface area contributed by atoms with Crippen LogP contribution in [0.1, 0.15) is 51.3 Å². The Labute approximate surface area is 210 Å². The van der Waals surface area contributed by atoms with Gasteiger partial charge in [0.15, 0.2) is 0 Å². The molecule has 0 aliphatic carbocycles. The van der Waals surface area contributed by atoms with Gasteiger partial charge in [0.05, 0.1) is 29.7 Å². The molecular weight excluding hydrogens is 454 g/mol. The number of carbonyl (C=O) groups is 1. The zero-order valence-electron chi connectivity index (χ0n) is 21.3. The van der Waals surface area contributed by atoms with Gasteiger partial charge >= 0.3 is 0 Å². The lowest BCUT2D eigenvalue weighted by molar-refractivity contribution is -0.116. The van der Waals surface area contributed by atoms with Crippen molar-refractivity contribution in [2.45, 2.75) is 58.7 Å². The maximum Gasteiger partial charge on any atom is 0.237 e. The number of fused-ring (bicyclic) bond motifs is 3. The predicted molar refractivity (Wildman–Crippen MR) is 141 cm³/mol. The van der Waals surface area contributed by atoms with Gasteiger partial charge in [-0.25, -0.2) is 9.97 Å². The molecular formula is C27H31N7O2. The highest BCUT2D eigenvalue weighted by Crippen LogP contribution is 2.44. The molecule has 2 aliphatic heterocycles. The van der Waals surface area contributed by atoms with E-state index in [1.807, 2.05) is 43.0 Å². The molecule has 9 nitrogen and oxygen atoms in total. The standard InChI is InChI=1S/C27H31N7O2/c1-14-12-33(13-15(2)36-14)25-19(11-28)21-18-10-20(35)34(17-8-6-16(7-9-17)27(3,4)5)26(18)32-24(30)22(21)23(29)31-25/h6-9,14-15H,10,12-13H2,1-5H3,(H2,29,31)(H2,30,32)/t14-,15-/m1/s1. The summed E-state index contributed by atoms with van der Waals surface area (Å²) < 4.78 is 5.86. The Morgan fingerprint density at radius 2 is 1.58 bits per heavy atom. The highest BCUT2D eigenvalue weighted by Gasteiger charge is 2.36. The molecule has 1 saturated heterocycles. The normalized spacial score (nSPS) is 20.1. The van der Waals surface area contributed by atoms with E-state index < -0.39 is 0 Å². The number of morpholine rings is 1. The van der Waals surface area contributed by atoms with Crippen LogP contribution in [0, 0.1) is 11.3 Å². The predicted octanol–water partition coefficient (Wildman–Crippen LogP) is 3.80. The summed E-state index contributed by atoms with van der Waals surface area (Å²) in [5, 5.41) is 11.3. The Balaban J connectivity index is 1.70. The largest absolute Gasteiger partial charge is 0.383 e. The number of pyridine rings is 2. The van der Waals surface area contributed by atoms with Gasteiger partial charge in [-0.1, -0.05) is 32.9 Å². The average Bonchev–Trinajstić information content (AvgIpc) is 3.13. The third-order valence-corrected chi connectivity index (χ3v) is 6.87. The molecule has 1 amide bonds. The van der Waals surface area contributed by atoms with Crippen molar-refractivity contribution in [2.75, 3.05) is 34.4 Å². The van der Waals surface area contributed by atoms with Crippen molar-refractivity contribution in [1.82, 2.24) is 9.97 Å². The van der Waals surface area contributed by atoms with Gasteiger partial charge in [-0.15, -0.1) is 0 Å². The number of nitrogens with zero attached hydrogens (tertiary/aromatic N) is 5. The Morgan fingerprint density at radius 1 is 1.00 bits per heavy atom. The third kappa shape index (κ3) is 3.78. The van der Waals surface area contributed by atoms with Crippen LogP contribution >= 0.6 is 0 Å². The van der Waals surface area contributed by atoms with E-state index in [1.54, 1.807) is 4.90 Å². The molecule has 1 aromatic carbocycles. The fourth-order valence-corrected chi connectivity index (χ4v) is 5.26. The van der Waals surface area contributed by atoms with Crippen LogP contribution in [0.2, 0.25) is 0 Å². The molecule has 2 aromatic heterocycles. The van der Waals surface area contributed by atoms with Crippen LogP contribution in [-0.4, -0.2) is 41.2 Å². The lowest BCUT2D eigenvalue weighted by Gasteiger charge is -2.36. The van der Waals surface area contributed by atoms with Gasteiger partial charge in [0.25, 0.3) is 0 Å². The van der Waals surface area contributed by atoms with Crippen molar-refractivity contribution >= 4 is 45.6 Å². The number of ether oxygens (including phenoxy) is 1. The summed E-state index contributed by atoms with van der Waals surface area (Å²) >= 11 is 0. The van der Waals surface area contributed by atoms with Crippen molar-refractivity contribution in [3.8, 4) is 6.07 Å². The van der Waals surface area contributed by atoms with Crippen molar-refractivity contribution < 1.29 is 9.53 Å². The second-order valence-corrected chi connectivity index (χ2v) is 10.7. The van der Waals surface area contributed by atoms with Crippen LogP contribution in [0.5, 0.6) is 0 Å². The minimum Gasteiger partial charge on any atom is -0.383 e. The first-order valence-corrected chi connectivity index (χ1v) is 12.1. The number of nitrogen functional groups attached to an aromatic ring is 2. The van der Waals surface area contributed by atoms with E-state index in [-0.39, 0.29) is 41.6 Å². The van der Waals surface area contributed by atoms with Gasteiger partial charge in [0, 0.05) is 24.0 Å². The highest BCUT2D eigenvalue weighted by atomic mass is 16.5. The van der Waals surface area contributed by atoms with Gasteiger partial charge in [-0.05, 0) is 37.0 Å². The van der Waals surface area contributed by atoms with Crippen molar-refractivity contribution in [1.29, 1.82) is 5.26 Å². The number of anilines is 5. The first-order valence-electron chi connectivity index (χ1n) is 12.1. The molecule has 0 spiro atoms. The molecule has 0 saturated carbocycles. The summed E-state index contributed by atoms with van der Waals surface area (Å²) in [6.45, 7) is 11.5. The quantitative estimate of drug-likeness (QED) is 0.560. The average molecular weight is 486 g/mol. The molecule has 4 heterocycles. The second kappa shape index (κ2) is 8.35. The lowest BCUT2D eigenvalue weighted by Crippen LogP contribution is -2.46. The second-order valence-electron chi connectivity index (χ2n) is 10.7. The Kier molecular flexibility index (Phi) is 5.52. The first-order chi connectivity index (χ1) is 17.0. The molecule has 0 bridgehead atoms. The van der Waals surface area contributed by atoms with Crippen molar-refractivity contribution in [2.24, 2.45) is 0 Å². The van der Waals surface area contributed by atoms with Crippen LogP contribution in [0.4, 0.5) is 29.0 Å². The van der Waals surface area contributed by atoms with E-state index in [4.69, 9.17) is 16.2 Å². The molecule has 2 aliphatic rings. The van der Waals surface area contributed by atoms with E-state index in [1.165, 1.54) is 0 Å². The first kappa shape index (κ1) is 23.8. The maximum absolute atomic E-state index is 13.3. The molecule has 0 unspecified atom stereocenters. The monoisotopic (exact) mass is 485 g/mol. The molecule has 3 aromatic rings. The molecule has 186 valence electrons. The van der Waals surface area contributed by atoms with E-state index in [0.717, 1.165) is 5.56 Å². The van der Waals surface area contributed by atoms with Crippen LogP contribution in [0.25, 0.3) is 10.8 Å². The van der Waals surface area contributed by atoms with Gasteiger partial charge < -0.3 is 21.1 Å². The van der Waals surface area contributed by atoms with Crippen LogP contribution in [0.15, 0.2) is 24.3 Å². The Hall–Kier alpha value is -3.90. The molecule has 36 heavy (non-hydrogen) atoms. The summed E-state index contributed by atoms with van der Waals surface area (Å²) in [5.41, 5.74) is 15.6. The number of amides is 1. The zero-order chi connectivity index (χ0) is 25.9. The number of nitrogens with two attached hydrogens (primary N) is 2. The lowest BCUT2D eigenvalue weighted by atomic mass is 9.87. The zero-order valence-corrected chi connectivity index (χ0v) is 21.3. The minimum absolute atomic E-state index is 0.0125. The molecule has 2 atom stereocenters. The minimum atomic E-state index is -0.137. The number of benzene rings is 1. The van der Waals surface area contributed by atoms with E-state index in [9.17, 15) is 10.1 Å². The van der Waals surface area contributed by atoms with Crippen LogP contribution in [0.3, 0.4) is 0 Å². The SMILES string of the molecule is C[C@@H]1CN(c2nc(N)c3c(N)nc4c(c3c2C#N)CC(=O)N4c2ccc(C(C)(C)C)cc2)C[C@@H](C)O1. The molecule has 0 radical (unpaired) electrons. The number of rotatable bonds is 2. The van der Waals surface area contributed by atoms with Gasteiger partial charge in [-0.3, -0.25) is 9.69 Å². The van der Waals surface area contributed by atoms with Gasteiger partial charge in [0.2, 0.25) is 5.91 Å². The molecule has 1 fully saturated rings. The fraction of sp³-hybridized carbons (Fsp3) is 0.407. The van der Waals surface area contributed by atoms with Crippen molar-refractivity contribution in [3.05, 3.63) is 41.0 Å². The summed E-state index contributed by atoms with van der Waals surface area (Å²) in [4.78, 5) is 26.1. The van der Waals surface area contributed by atoms with Crippen LogP contribution < -0.4 is 21.3 Å². The van der Waals surface area contributed by atoms with Crippen LogP contribution in [-0.2, 0) is 21.4 Å². The number of hydrogen-bond acceptors (Lipinski definition) is 8. The summed E-state index contributed by atoms with van der Waals surface area (Å²) in [7, 11) is 0. The smallest absolute Gasteiger partial charge is 0.237 e. The molecule has 5 rings (SSSR count). The number of hydrogen-bond donors (Lipinski definition) is 2. The summed E-state index contributed by atoms with van der Waals surface area (Å²) in [5.74, 6) is 1.12. The summed E-state index contributed by atoms with van der Waals surface area (Å²) in [6, 6.07) is 10.2.